The maximum Gasteiger partial charge on any atom is 0.336 e. The van der Waals surface area contributed by atoms with E-state index in [-0.39, 0.29) is 17.2 Å². The maximum atomic E-state index is 11.9. The molecule has 1 amide bonds. The fourth-order valence-electron chi connectivity index (χ4n) is 1.72. The predicted octanol–water partition coefficient (Wildman–Crippen LogP) is 1.68. The summed E-state index contributed by atoms with van der Waals surface area (Å²) in [6, 6.07) is 4.74. The van der Waals surface area contributed by atoms with E-state index in [1.807, 2.05) is 0 Å². The van der Waals surface area contributed by atoms with Crippen molar-refractivity contribution in [3.8, 4) is 0 Å². The third kappa shape index (κ3) is 2.62. The quantitative estimate of drug-likeness (QED) is 0.878. The van der Waals surface area contributed by atoms with E-state index < -0.39 is 5.97 Å². The van der Waals surface area contributed by atoms with Crippen LogP contribution in [0.15, 0.2) is 30.7 Å². The number of benzene rings is 1. The molecule has 0 unspecified atom stereocenters. The second-order valence-corrected chi connectivity index (χ2v) is 4.16. The first-order chi connectivity index (χ1) is 8.99. The molecule has 0 spiro atoms. The maximum absolute atomic E-state index is 11.9. The van der Waals surface area contributed by atoms with Gasteiger partial charge in [0.05, 0.1) is 11.9 Å². The molecular weight excluding hydrogens is 246 g/mol. The van der Waals surface area contributed by atoms with Gasteiger partial charge in [0.15, 0.2) is 0 Å². The van der Waals surface area contributed by atoms with Crippen molar-refractivity contribution in [1.29, 1.82) is 0 Å². The molecule has 0 aliphatic heterocycles. The lowest BCUT2D eigenvalue weighted by Gasteiger charge is -2.09. The van der Waals surface area contributed by atoms with Gasteiger partial charge in [-0.2, -0.15) is 0 Å². The minimum atomic E-state index is -1.02. The predicted molar refractivity (Wildman–Crippen MR) is 69.3 cm³/mol. The average molecular weight is 259 g/mol. The molecule has 19 heavy (non-hydrogen) atoms. The van der Waals surface area contributed by atoms with E-state index in [9.17, 15) is 9.59 Å². The SMILES string of the molecule is Cc1c(NC(=O)c2cn(C)cn2)cccc1C(=O)O. The van der Waals surface area contributed by atoms with Gasteiger partial charge in [0.25, 0.3) is 5.91 Å². The number of nitrogens with zero attached hydrogens (tertiary/aromatic N) is 2. The standard InChI is InChI=1S/C13H13N3O3/c1-8-9(13(18)19)4-3-5-10(8)15-12(17)11-6-16(2)7-14-11/h3-7H,1-2H3,(H,15,17)(H,18,19). The first kappa shape index (κ1) is 12.8. The molecule has 0 radical (unpaired) electrons. The van der Waals surface area contributed by atoms with Crippen LogP contribution < -0.4 is 5.32 Å². The van der Waals surface area contributed by atoms with E-state index in [1.165, 1.54) is 12.4 Å². The first-order valence-corrected chi connectivity index (χ1v) is 5.61. The van der Waals surface area contributed by atoms with Crippen molar-refractivity contribution in [2.24, 2.45) is 7.05 Å². The monoisotopic (exact) mass is 259 g/mol. The lowest BCUT2D eigenvalue weighted by atomic mass is 10.1. The summed E-state index contributed by atoms with van der Waals surface area (Å²) in [5, 5.41) is 11.7. The van der Waals surface area contributed by atoms with Gasteiger partial charge >= 0.3 is 5.97 Å². The van der Waals surface area contributed by atoms with E-state index in [1.54, 1.807) is 36.9 Å². The molecule has 0 aliphatic rings. The van der Waals surface area contributed by atoms with Crippen molar-refractivity contribution < 1.29 is 14.7 Å². The highest BCUT2D eigenvalue weighted by molar-refractivity contribution is 6.04. The van der Waals surface area contributed by atoms with E-state index in [2.05, 4.69) is 10.3 Å². The number of carboxylic acids is 1. The molecule has 2 N–H and O–H groups in total. The van der Waals surface area contributed by atoms with Gasteiger partial charge in [-0.1, -0.05) is 6.07 Å². The Morgan fingerprint density at radius 2 is 2.11 bits per heavy atom. The van der Waals surface area contributed by atoms with E-state index in [0.29, 0.717) is 11.3 Å². The molecule has 2 aromatic rings. The lowest BCUT2D eigenvalue weighted by Crippen LogP contribution is -2.14. The zero-order valence-corrected chi connectivity index (χ0v) is 10.5. The number of nitrogens with one attached hydrogen (secondary N) is 1. The van der Waals surface area contributed by atoms with Crippen molar-refractivity contribution in [3.63, 3.8) is 0 Å². The van der Waals surface area contributed by atoms with Crippen LogP contribution in [-0.2, 0) is 7.05 Å². The lowest BCUT2D eigenvalue weighted by molar-refractivity contribution is 0.0695. The Labute approximate surface area is 109 Å². The molecule has 6 nitrogen and oxygen atoms in total. The Hall–Kier alpha value is -2.63. The highest BCUT2D eigenvalue weighted by Gasteiger charge is 2.14. The Balaban J connectivity index is 2.27. The van der Waals surface area contributed by atoms with Gasteiger partial charge in [-0.15, -0.1) is 0 Å². The molecule has 98 valence electrons. The highest BCUT2D eigenvalue weighted by atomic mass is 16.4. The first-order valence-electron chi connectivity index (χ1n) is 5.61. The zero-order chi connectivity index (χ0) is 14.0. The van der Waals surface area contributed by atoms with Gasteiger partial charge in [-0.3, -0.25) is 4.79 Å². The fourth-order valence-corrected chi connectivity index (χ4v) is 1.72. The van der Waals surface area contributed by atoms with E-state index in [4.69, 9.17) is 5.11 Å². The highest BCUT2D eigenvalue weighted by Crippen LogP contribution is 2.19. The minimum Gasteiger partial charge on any atom is -0.478 e. The van der Waals surface area contributed by atoms with Crippen LogP contribution in [0.3, 0.4) is 0 Å². The van der Waals surface area contributed by atoms with Crippen LogP contribution in [0, 0.1) is 6.92 Å². The van der Waals surface area contributed by atoms with Crippen molar-refractivity contribution in [1.82, 2.24) is 9.55 Å². The number of imidazole rings is 1. The second-order valence-electron chi connectivity index (χ2n) is 4.16. The molecule has 0 fully saturated rings. The number of carboxylic acid groups (broad SMARTS) is 1. The van der Waals surface area contributed by atoms with Gasteiger partial charge in [-0.05, 0) is 24.6 Å². The van der Waals surface area contributed by atoms with E-state index >= 15 is 0 Å². The van der Waals surface area contributed by atoms with Crippen molar-refractivity contribution in [2.45, 2.75) is 6.92 Å². The minimum absolute atomic E-state index is 0.166. The summed E-state index contributed by atoms with van der Waals surface area (Å²) in [6.45, 7) is 1.65. The van der Waals surface area contributed by atoms with Crippen LogP contribution >= 0.6 is 0 Å². The van der Waals surface area contributed by atoms with Crippen LogP contribution in [0.25, 0.3) is 0 Å². The van der Waals surface area contributed by atoms with Crippen LogP contribution in [0.4, 0.5) is 5.69 Å². The third-order valence-electron chi connectivity index (χ3n) is 2.75. The van der Waals surface area contributed by atoms with Crippen molar-refractivity contribution in [3.05, 3.63) is 47.5 Å². The van der Waals surface area contributed by atoms with Gasteiger partial charge < -0.3 is 15.0 Å². The average Bonchev–Trinajstić information content (AvgIpc) is 2.78. The number of anilines is 1. The third-order valence-corrected chi connectivity index (χ3v) is 2.75. The molecule has 1 aromatic carbocycles. The van der Waals surface area contributed by atoms with Crippen LogP contribution in [0.1, 0.15) is 26.4 Å². The molecule has 1 aromatic heterocycles. The number of carbonyl (C=O) groups excluding carboxylic acids is 1. The summed E-state index contributed by atoms with van der Waals surface area (Å²) < 4.78 is 1.66. The van der Waals surface area contributed by atoms with Crippen molar-refractivity contribution >= 4 is 17.6 Å². The molecule has 0 saturated carbocycles. The molecule has 2 rings (SSSR count). The van der Waals surface area contributed by atoms with Crippen LogP contribution in [-0.4, -0.2) is 26.5 Å². The Morgan fingerprint density at radius 3 is 2.68 bits per heavy atom. The summed E-state index contributed by atoms with van der Waals surface area (Å²) in [6.07, 6.45) is 3.11. The molecule has 0 bridgehead atoms. The Bertz CT molecular complexity index is 646. The Kier molecular flexibility index (Phi) is 3.33. The molecule has 0 saturated heterocycles. The smallest absolute Gasteiger partial charge is 0.336 e. The largest absolute Gasteiger partial charge is 0.478 e. The number of carbonyl (C=O) groups is 2. The van der Waals surface area contributed by atoms with Gasteiger partial charge in [0.1, 0.15) is 5.69 Å². The van der Waals surface area contributed by atoms with Crippen molar-refractivity contribution in [2.75, 3.05) is 5.32 Å². The number of hydrogen-bond donors (Lipinski definition) is 2. The summed E-state index contributed by atoms with van der Waals surface area (Å²) >= 11 is 0. The van der Waals surface area contributed by atoms with Gasteiger partial charge in [0.2, 0.25) is 0 Å². The zero-order valence-electron chi connectivity index (χ0n) is 10.5. The fraction of sp³-hybridized carbons (Fsp3) is 0.154. The topological polar surface area (TPSA) is 84.2 Å². The summed E-state index contributed by atoms with van der Waals surface area (Å²) in [5.74, 6) is -1.39. The number of amides is 1. The molecule has 6 heteroatoms. The molecule has 0 atom stereocenters. The number of rotatable bonds is 3. The number of aryl methyl sites for hydroxylation is 1. The van der Waals surface area contributed by atoms with Gasteiger partial charge in [0, 0.05) is 18.9 Å². The molecular formula is C13H13N3O3. The van der Waals surface area contributed by atoms with Crippen LogP contribution in [0.5, 0.6) is 0 Å². The molecule has 1 heterocycles. The number of aromatic nitrogens is 2. The Morgan fingerprint density at radius 1 is 1.37 bits per heavy atom. The molecule has 0 aliphatic carbocycles. The second kappa shape index (κ2) is 4.93. The number of hydrogen-bond acceptors (Lipinski definition) is 3. The normalized spacial score (nSPS) is 10.2. The summed E-state index contributed by atoms with van der Waals surface area (Å²) in [4.78, 5) is 26.9. The number of aromatic carboxylic acids is 1. The van der Waals surface area contributed by atoms with Gasteiger partial charge in [-0.25, -0.2) is 9.78 Å². The van der Waals surface area contributed by atoms with Crippen LogP contribution in [0.2, 0.25) is 0 Å². The summed E-state index contributed by atoms with van der Waals surface area (Å²) in [7, 11) is 1.76. The summed E-state index contributed by atoms with van der Waals surface area (Å²) in [5.41, 5.74) is 1.43. The van der Waals surface area contributed by atoms with E-state index in [0.717, 1.165) is 0 Å².